The van der Waals surface area contributed by atoms with Crippen LogP contribution in [0.5, 0.6) is 5.75 Å². The summed E-state index contributed by atoms with van der Waals surface area (Å²) in [5.74, 6) is 0.853. The van der Waals surface area contributed by atoms with Crippen LogP contribution in [0.1, 0.15) is 10.4 Å². The lowest BCUT2D eigenvalue weighted by Gasteiger charge is -2.24. The third-order valence-electron chi connectivity index (χ3n) is 3.41. The van der Waals surface area contributed by atoms with Crippen molar-refractivity contribution in [3.05, 3.63) is 60.2 Å². The van der Waals surface area contributed by atoms with Gasteiger partial charge in [-0.15, -0.1) is 0 Å². The third kappa shape index (κ3) is 4.33. The van der Waals surface area contributed by atoms with E-state index in [1.54, 1.807) is 14.2 Å². The smallest absolute Gasteiger partial charge is 0.182 e. The predicted octanol–water partition coefficient (Wildman–Crippen LogP) is 3.03. The zero-order valence-electron chi connectivity index (χ0n) is 13.0. The molecular formula is C18H21NO3. The van der Waals surface area contributed by atoms with Crippen LogP contribution in [0.4, 0.5) is 5.69 Å². The molecule has 2 rings (SSSR count). The van der Waals surface area contributed by atoms with Crippen molar-refractivity contribution in [2.75, 3.05) is 38.8 Å². The molecule has 22 heavy (non-hydrogen) atoms. The van der Waals surface area contributed by atoms with Gasteiger partial charge in [-0.05, 0) is 12.1 Å². The van der Waals surface area contributed by atoms with Crippen LogP contribution in [0, 0.1) is 0 Å². The first-order valence-corrected chi connectivity index (χ1v) is 7.21. The summed E-state index contributed by atoms with van der Waals surface area (Å²) in [5, 5.41) is 0. The molecule has 2 aromatic rings. The Balaban J connectivity index is 2.16. The summed E-state index contributed by atoms with van der Waals surface area (Å²) < 4.78 is 10.4. The van der Waals surface area contributed by atoms with Crippen LogP contribution in [0.15, 0.2) is 54.6 Å². The van der Waals surface area contributed by atoms with E-state index in [1.807, 2.05) is 59.5 Å². The monoisotopic (exact) mass is 299 g/mol. The Morgan fingerprint density at radius 1 is 1.05 bits per heavy atom. The van der Waals surface area contributed by atoms with Crippen molar-refractivity contribution < 1.29 is 14.3 Å². The number of rotatable bonds is 8. The van der Waals surface area contributed by atoms with Crippen LogP contribution < -0.4 is 9.64 Å². The first kappa shape index (κ1) is 16.0. The van der Waals surface area contributed by atoms with Crippen LogP contribution in [-0.2, 0) is 4.74 Å². The molecule has 0 aromatic heterocycles. The minimum Gasteiger partial charge on any atom is -0.497 e. The van der Waals surface area contributed by atoms with Gasteiger partial charge < -0.3 is 14.4 Å². The number of hydrogen-bond acceptors (Lipinski definition) is 4. The predicted molar refractivity (Wildman–Crippen MR) is 87.9 cm³/mol. The van der Waals surface area contributed by atoms with E-state index >= 15 is 0 Å². The number of ketones is 1. The number of carbonyl (C=O) groups is 1. The zero-order chi connectivity index (χ0) is 15.8. The molecule has 0 saturated carbocycles. The molecule has 0 heterocycles. The van der Waals surface area contributed by atoms with Crippen molar-refractivity contribution in [1.82, 2.24) is 0 Å². The Morgan fingerprint density at radius 3 is 2.50 bits per heavy atom. The van der Waals surface area contributed by atoms with Gasteiger partial charge in [0.05, 0.1) is 20.3 Å². The van der Waals surface area contributed by atoms with Gasteiger partial charge in [0.1, 0.15) is 5.75 Å². The maximum absolute atomic E-state index is 12.4. The number of methoxy groups -OCH3 is 2. The number of nitrogens with zero attached hydrogens (tertiary/aromatic N) is 1. The van der Waals surface area contributed by atoms with Gasteiger partial charge in [0.15, 0.2) is 5.78 Å². The van der Waals surface area contributed by atoms with Gasteiger partial charge in [0, 0.05) is 31.0 Å². The van der Waals surface area contributed by atoms with E-state index in [0.29, 0.717) is 25.3 Å². The summed E-state index contributed by atoms with van der Waals surface area (Å²) in [5.41, 5.74) is 1.66. The van der Waals surface area contributed by atoms with Crippen molar-refractivity contribution in [2.45, 2.75) is 0 Å². The topological polar surface area (TPSA) is 38.8 Å². The van der Waals surface area contributed by atoms with Gasteiger partial charge in [-0.25, -0.2) is 0 Å². The molecular weight excluding hydrogens is 278 g/mol. The zero-order valence-corrected chi connectivity index (χ0v) is 13.0. The summed E-state index contributed by atoms with van der Waals surface area (Å²) in [6, 6.07) is 17.0. The minimum atomic E-state index is 0.0829. The standard InChI is InChI=1S/C18H21NO3/c1-21-12-11-19(16-9-6-10-17(13-16)22-2)14-18(20)15-7-4-3-5-8-15/h3-10,13H,11-12,14H2,1-2H3. The summed E-state index contributed by atoms with van der Waals surface area (Å²) in [6.45, 7) is 1.50. The van der Waals surface area contributed by atoms with E-state index in [-0.39, 0.29) is 5.78 Å². The van der Waals surface area contributed by atoms with E-state index in [4.69, 9.17) is 9.47 Å². The number of benzene rings is 2. The molecule has 0 radical (unpaired) electrons. The van der Waals surface area contributed by atoms with Crippen LogP contribution in [0.3, 0.4) is 0 Å². The molecule has 4 heteroatoms. The molecule has 0 N–H and O–H groups in total. The average Bonchev–Trinajstić information content (AvgIpc) is 2.59. The van der Waals surface area contributed by atoms with Gasteiger partial charge in [0.25, 0.3) is 0 Å². The number of ether oxygens (including phenoxy) is 2. The first-order valence-electron chi connectivity index (χ1n) is 7.21. The molecule has 0 unspecified atom stereocenters. The fraction of sp³-hybridized carbons (Fsp3) is 0.278. The molecule has 0 aliphatic heterocycles. The van der Waals surface area contributed by atoms with Crippen molar-refractivity contribution in [1.29, 1.82) is 0 Å². The van der Waals surface area contributed by atoms with Crippen molar-refractivity contribution in [2.24, 2.45) is 0 Å². The maximum Gasteiger partial charge on any atom is 0.182 e. The van der Waals surface area contributed by atoms with Gasteiger partial charge >= 0.3 is 0 Å². The van der Waals surface area contributed by atoms with E-state index in [0.717, 1.165) is 11.4 Å². The Hall–Kier alpha value is -2.33. The summed E-state index contributed by atoms with van der Waals surface area (Å²) in [4.78, 5) is 14.4. The summed E-state index contributed by atoms with van der Waals surface area (Å²) in [7, 11) is 3.29. The van der Waals surface area contributed by atoms with Crippen LogP contribution in [0.25, 0.3) is 0 Å². The van der Waals surface area contributed by atoms with E-state index in [1.165, 1.54) is 0 Å². The molecule has 0 fully saturated rings. The number of hydrogen-bond donors (Lipinski definition) is 0. The van der Waals surface area contributed by atoms with Gasteiger partial charge in [0.2, 0.25) is 0 Å². The molecule has 0 spiro atoms. The molecule has 0 aliphatic carbocycles. The molecule has 4 nitrogen and oxygen atoms in total. The second-order valence-corrected chi connectivity index (χ2v) is 4.91. The molecule has 0 amide bonds. The second kappa shape index (κ2) is 8.20. The number of carbonyl (C=O) groups excluding carboxylic acids is 1. The number of Topliss-reactive ketones (excluding diaryl/α,β-unsaturated/α-hetero) is 1. The number of anilines is 1. The molecule has 0 aliphatic rings. The molecule has 116 valence electrons. The summed E-state index contributed by atoms with van der Waals surface area (Å²) in [6.07, 6.45) is 0. The van der Waals surface area contributed by atoms with E-state index in [2.05, 4.69) is 0 Å². The van der Waals surface area contributed by atoms with Crippen LogP contribution >= 0.6 is 0 Å². The molecule has 2 aromatic carbocycles. The Morgan fingerprint density at radius 2 is 1.82 bits per heavy atom. The fourth-order valence-electron chi connectivity index (χ4n) is 2.20. The highest BCUT2D eigenvalue weighted by atomic mass is 16.5. The van der Waals surface area contributed by atoms with Gasteiger partial charge in [-0.1, -0.05) is 36.4 Å². The van der Waals surface area contributed by atoms with Gasteiger partial charge in [-0.3, -0.25) is 4.79 Å². The third-order valence-corrected chi connectivity index (χ3v) is 3.41. The average molecular weight is 299 g/mol. The SMILES string of the molecule is COCCN(CC(=O)c1ccccc1)c1cccc(OC)c1. The molecule has 0 saturated heterocycles. The van der Waals surface area contributed by atoms with Crippen molar-refractivity contribution in [3.63, 3.8) is 0 Å². The lowest BCUT2D eigenvalue weighted by molar-refractivity contribution is 0.0997. The summed E-state index contributed by atoms with van der Waals surface area (Å²) >= 11 is 0. The largest absolute Gasteiger partial charge is 0.497 e. The Bertz CT molecular complexity index is 598. The lowest BCUT2D eigenvalue weighted by Crippen LogP contribution is -2.32. The first-order chi connectivity index (χ1) is 10.7. The lowest BCUT2D eigenvalue weighted by atomic mass is 10.1. The quantitative estimate of drug-likeness (QED) is 0.702. The van der Waals surface area contributed by atoms with Crippen molar-refractivity contribution >= 4 is 11.5 Å². The normalized spacial score (nSPS) is 10.3. The minimum absolute atomic E-state index is 0.0829. The van der Waals surface area contributed by atoms with Crippen molar-refractivity contribution in [3.8, 4) is 5.75 Å². The Labute approximate surface area is 131 Å². The van der Waals surface area contributed by atoms with E-state index < -0.39 is 0 Å². The highest BCUT2D eigenvalue weighted by Crippen LogP contribution is 2.21. The molecule has 0 bridgehead atoms. The highest BCUT2D eigenvalue weighted by molar-refractivity contribution is 5.99. The van der Waals surface area contributed by atoms with Crippen LogP contribution in [-0.4, -0.2) is 39.7 Å². The maximum atomic E-state index is 12.4. The highest BCUT2D eigenvalue weighted by Gasteiger charge is 2.13. The van der Waals surface area contributed by atoms with E-state index in [9.17, 15) is 4.79 Å². The second-order valence-electron chi connectivity index (χ2n) is 4.91. The molecule has 0 atom stereocenters. The fourth-order valence-corrected chi connectivity index (χ4v) is 2.20. The van der Waals surface area contributed by atoms with Crippen LogP contribution in [0.2, 0.25) is 0 Å². The van der Waals surface area contributed by atoms with Gasteiger partial charge in [-0.2, -0.15) is 0 Å². The Kier molecular flexibility index (Phi) is 5.98.